The molecule has 0 aliphatic heterocycles. The third-order valence-electron chi connectivity index (χ3n) is 4.32. The van der Waals surface area contributed by atoms with Crippen molar-refractivity contribution in [1.29, 1.82) is 5.26 Å². The molecule has 2 aromatic rings. The predicted octanol–water partition coefficient (Wildman–Crippen LogP) is 4.12. The van der Waals surface area contributed by atoms with Crippen molar-refractivity contribution >= 4 is 5.88 Å². The molecule has 0 amide bonds. The molecule has 0 aliphatic rings. The monoisotopic (exact) mass is 340 g/mol. The molecule has 1 aromatic carbocycles. The maximum Gasteiger partial charge on any atom is 0.232 e. The van der Waals surface area contributed by atoms with E-state index in [-0.39, 0.29) is 11.5 Å². The number of anilines is 1. The van der Waals surface area contributed by atoms with E-state index in [0.717, 1.165) is 0 Å². The molecule has 0 aliphatic carbocycles. The minimum Gasteiger partial charge on any atom is -0.424 e. The highest BCUT2D eigenvalue weighted by molar-refractivity contribution is 5.45. The van der Waals surface area contributed by atoms with Gasteiger partial charge >= 0.3 is 0 Å². The lowest BCUT2D eigenvalue weighted by molar-refractivity contribution is 0.310. The number of nitriles is 1. The van der Waals surface area contributed by atoms with Crippen molar-refractivity contribution in [3.8, 4) is 6.07 Å². The largest absolute Gasteiger partial charge is 0.424 e. The Morgan fingerprint density at radius 2 is 1.88 bits per heavy atom. The van der Waals surface area contributed by atoms with Gasteiger partial charge in [0.05, 0.1) is 6.04 Å². The lowest BCUT2D eigenvalue weighted by atomic mass is 9.86. The number of hydrogen-bond acceptors (Lipinski definition) is 5. The van der Waals surface area contributed by atoms with Gasteiger partial charge in [-0.15, -0.1) is 0 Å². The second kappa shape index (κ2) is 7.71. The molecular formula is C20H28N4O. The van der Waals surface area contributed by atoms with E-state index in [9.17, 15) is 5.26 Å². The van der Waals surface area contributed by atoms with E-state index in [2.05, 4.69) is 66.3 Å². The normalized spacial score (nSPS) is 12.9. The average molecular weight is 340 g/mol. The number of aromatic nitrogens is 1. The second-order valence-electron chi connectivity index (χ2n) is 7.48. The smallest absolute Gasteiger partial charge is 0.232 e. The summed E-state index contributed by atoms with van der Waals surface area (Å²) >= 11 is 0. The number of oxazole rings is 1. The molecule has 1 atom stereocenters. The first-order valence-electron chi connectivity index (χ1n) is 8.66. The SMILES string of the molecule is CCc1nc(C#N)c(NC[C@H](c2ccc(C(C)(C)C)cc2)N(C)C)o1. The highest BCUT2D eigenvalue weighted by Crippen LogP contribution is 2.26. The first-order chi connectivity index (χ1) is 11.8. The Kier molecular flexibility index (Phi) is 5.86. The molecule has 134 valence electrons. The molecule has 0 fully saturated rings. The fraction of sp³-hybridized carbons (Fsp3) is 0.500. The fourth-order valence-corrected chi connectivity index (χ4v) is 2.70. The Morgan fingerprint density at radius 3 is 2.36 bits per heavy atom. The highest BCUT2D eigenvalue weighted by Gasteiger charge is 2.19. The van der Waals surface area contributed by atoms with Crippen LogP contribution in [0, 0.1) is 11.3 Å². The number of nitrogens with zero attached hydrogens (tertiary/aromatic N) is 3. The number of nitrogens with one attached hydrogen (secondary N) is 1. The van der Waals surface area contributed by atoms with Crippen molar-refractivity contribution in [1.82, 2.24) is 9.88 Å². The highest BCUT2D eigenvalue weighted by atomic mass is 16.4. The van der Waals surface area contributed by atoms with Gasteiger partial charge in [0, 0.05) is 13.0 Å². The van der Waals surface area contributed by atoms with Gasteiger partial charge in [-0.25, -0.2) is 4.98 Å². The zero-order valence-electron chi connectivity index (χ0n) is 16.1. The van der Waals surface area contributed by atoms with Crippen LogP contribution in [0.15, 0.2) is 28.7 Å². The van der Waals surface area contributed by atoms with Crippen LogP contribution in [-0.4, -0.2) is 30.5 Å². The standard InChI is InChI=1S/C20H28N4O/c1-7-18-23-16(12-21)19(25-18)22-13-17(24(5)6)14-8-10-15(11-9-14)20(2,3)4/h8-11,17,22H,7,13H2,1-6H3/t17-/m1/s1. The molecule has 25 heavy (non-hydrogen) atoms. The van der Waals surface area contributed by atoms with Crippen LogP contribution in [0.25, 0.3) is 0 Å². The molecule has 0 saturated heterocycles. The first-order valence-corrected chi connectivity index (χ1v) is 8.66. The summed E-state index contributed by atoms with van der Waals surface area (Å²) in [6, 6.07) is 11.0. The minimum atomic E-state index is 0.141. The van der Waals surface area contributed by atoms with Gasteiger partial charge in [0.2, 0.25) is 11.6 Å². The van der Waals surface area contributed by atoms with Crippen LogP contribution in [0.5, 0.6) is 0 Å². The van der Waals surface area contributed by atoms with Crippen LogP contribution in [-0.2, 0) is 11.8 Å². The van der Waals surface area contributed by atoms with E-state index in [1.54, 1.807) is 0 Å². The van der Waals surface area contributed by atoms with Crippen LogP contribution >= 0.6 is 0 Å². The van der Waals surface area contributed by atoms with E-state index in [0.29, 0.717) is 30.4 Å². The Hall–Kier alpha value is -2.32. The van der Waals surface area contributed by atoms with Gasteiger partial charge in [-0.1, -0.05) is 52.0 Å². The topological polar surface area (TPSA) is 65.1 Å². The molecule has 0 bridgehead atoms. The molecule has 2 rings (SSSR count). The molecule has 0 spiro atoms. The number of rotatable bonds is 6. The minimum absolute atomic E-state index is 0.141. The molecule has 5 heteroatoms. The number of hydrogen-bond donors (Lipinski definition) is 1. The van der Waals surface area contributed by atoms with Crippen molar-refractivity contribution in [3.05, 3.63) is 47.0 Å². The van der Waals surface area contributed by atoms with E-state index < -0.39 is 0 Å². The van der Waals surface area contributed by atoms with Crippen LogP contribution in [0.1, 0.15) is 56.4 Å². The number of benzene rings is 1. The Labute approximate surface area is 150 Å². The summed E-state index contributed by atoms with van der Waals surface area (Å²) in [6.45, 7) is 9.23. The lowest BCUT2D eigenvalue weighted by Gasteiger charge is -2.26. The fourth-order valence-electron chi connectivity index (χ4n) is 2.70. The summed E-state index contributed by atoms with van der Waals surface area (Å²) in [4.78, 5) is 6.33. The van der Waals surface area contributed by atoms with Gasteiger partial charge in [-0.3, -0.25) is 0 Å². The third-order valence-corrected chi connectivity index (χ3v) is 4.32. The van der Waals surface area contributed by atoms with E-state index in [1.807, 2.05) is 21.0 Å². The van der Waals surface area contributed by atoms with Gasteiger partial charge in [-0.05, 0) is 30.6 Å². The first kappa shape index (κ1) is 19.0. The van der Waals surface area contributed by atoms with Crippen LogP contribution < -0.4 is 5.32 Å². The Morgan fingerprint density at radius 1 is 1.24 bits per heavy atom. The molecule has 1 N–H and O–H groups in total. The van der Waals surface area contributed by atoms with E-state index >= 15 is 0 Å². The second-order valence-corrected chi connectivity index (χ2v) is 7.48. The van der Waals surface area contributed by atoms with Crippen molar-refractivity contribution in [2.75, 3.05) is 26.0 Å². The summed E-state index contributed by atoms with van der Waals surface area (Å²) in [7, 11) is 4.10. The number of aryl methyl sites for hydroxylation is 1. The van der Waals surface area contributed by atoms with Crippen LogP contribution in [0.4, 0.5) is 5.88 Å². The summed E-state index contributed by atoms with van der Waals surface area (Å²) in [5.41, 5.74) is 3.00. The molecule has 1 aromatic heterocycles. The van der Waals surface area contributed by atoms with Gasteiger partial charge in [-0.2, -0.15) is 5.26 Å². The van der Waals surface area contributed by atoms with Gasteiger partial charge < -0.3 is 14.6 Å². The third kappa shape index (κ3) is 4.61. The molecule has 5 nitrogen and oxygen atoms in total. The molecular weight excluding hydrogens is 312 g/mol. The molecule has 0 unspecified atom stereocenters. The summed E-state index contributed by atoms with van der Waals surface area (Å²) < 4.78 is 5.62. The van der Waals surface area contributed by atoms with Gasteiger partial charge in [0.25, 0.3) is 0 Å². The summed E-state index contributed by atoms with van der Waals surface area (Å²) in [5, 5.41) is 12.5. The van der Waals surface area contributed by atoms with Crippen molar-refractivity contribution in [2.45, 2.75) is 45.6 Å². The van der Waals surface area contributed by atoms with Crippen molar-refractivity contribution < 1.29 is 4.42 Å². The van der Waals surface area contributed by atoms with Crippen LogP contribution in [0.2, 0.25) is 0 Å². The van der Waals surface area contributed by atoms with E-state index in [4.69, 9.17) is 4.42 Å². The average Bonchev–Trinajstić information content (AvgIpc) is 2.97. The number of likely N-dealkylation sites (N-methyl/N-ethyl adjacent to an activating group) is 1. The molecule has 1 heterocycles. The van der Waals surface area contributed by atoms with Gasteiger partial charge in [0.1, 0.15) is 6.07 Å². The zero-order valence-corrected chi connectivity index (χ0v) is 16.1. The maximum absolute atomic E-state index is 9.20. The zero-order chi connectivity index (χ0) is 18.6. The summed E-state index contributed by atoms with van der Waals surface area (Å²) in [5.74, 6) is 1.03. The Bertz CT molecular complexity index is 733. The predicted molar refractivity (Wildman–Crippen MR) is 101 cm³/mol. The quantitative estimate of drug-likeness (QED) is 0.857. The summed E-state index contributed by atoms with van der Waals surface area (Å²) in [6.07, 6.45) is 0.668. The maximum atomic E-state index is 9.20. The molecule has 0 radical (unpaired) electrons. The molecule has 0 saturated carbocycles. The Balaban J connectivity index is 2.17. The van der Waals surface area contributed by atoms with Crippen LogP contribution in [0.3, 0.4) is 0 Å². The van der Waals surface area contributed by atoms with Gasteiger partial charge in [0.15, 0.2) is 5.89 Å². The van der Waals surface area contributed by atoms with Crippen molar-refractivity contribution in [2.24, 2.45) is 0 Å². The lowest BCUT2D eigenvalue weighted by Crippen LogP contribution is -2.27. The van der Waals surface area contributed by atoms with E-state index in [1.165, 1.54) is 11.1 Å². The van der Waals surface area contributed by atoms with Crippen molar-refractivity contribution in [3.63, 3.8) is 0 Å².